The number of nitrogens with zero attached hydrogens (tertiary/aromatic N) is 1. The van der Waals surface area contributed by atoms with Crippen molar-refractivity contribution >= 4 is 22.6 Å². The third-order valence-electron chi connectivity index (χ3n) is 2.92. The van der Waals surface area contributed by atoms with Crippen LogP contribution in [-0.4, -0.2) is 45.7 Å². The Labute approximate surface area is 121 Å². The highest BCUT2D eigenvalue weighted by Crippen LogP contribution is 2.29. The average molecular weight is 384 g/mol. The summed E-state index contributed by atoms with van der Waals surface area (Å²) < 4.78 is 11.8. The lowest BCUT2D eigenvalue weighted by Gasteiger charge is -2.17. The maximum Gasteiger partial charge on any atom is 0.331 e. The molecule has 106 valence electrons. The van der Waals surface area contributed by atoms with Gasteiger partial charge in [0.15, 0.2) is 0 Å². The predicted octanol–water partition coefficient (Wildman–Crippen LogP) is -1.21. The SMILES string of the molecule is COc1c(I)n([C@H]2C[C@H](O)[C@@H](CO)O2)c(=O)[nH]c1=O. The van der Waals surface area contributed by atoms with E-state index in [0.29, 0.717) is 0 Å². The topological polar surface area (TPSA) is 114 Å². The molecular formula is C10H13IN2O6. The van der Waals surface area contributed by atoms with Crippen LogP contribution in [0.1, 0.15) is 12.6 Å². The van der Waals surface area contributed by atoms with E-state index in [1.54, 1.807) is 22.6 Å². The number of aromatic amines is 1. The Balaban J connectivity index is 2.47. The summed E-state index contributed by atoms with van der Waals surface area (Å²) >= 11 is 1.80. The number of aliphatic hydroxyl groups excluding tert-OH is 2. The largest absolute Gasteiger partial charge is 0.489 e. The molecule has 9 heteroatoms. The number of rotatable bonds is 3. The Morgan fingerprint density at radius 3 is 2.79 bits per heavy atom. The van der Waals surface area contributed by atoms with Crippen LogP contribution in [0.3, 0.4) is 0 Å². The van der Waals surface area contributed by atoms with Crippen LogP contribution < -0.4 is 16.0 Å². The molecule has 1 aromatic heterocycles. The fourth-order valence-electron chi connectivity index (χ4n) is 1.98. The first-order valence-corrected chi connectivity index (χ1v) is 6.60. The number of aromatic nitrogens is 2. The first-order chi connectivity index (χ1) is 8.99. The Morgan fingerprint density at radius 2 is 2.26 bits per heavy atom. The number of hydrogen-bond donors (Lipinski definition) is 3. The highest BCUT2D eigenvalue weighted by molar-refractivity contribution is 14.1. The minimum atomic E-state index is -0.865. The zero-order valence-electron chi connectivity index (χ0n) is 10.00. The second-order valence-electron chi connectivity index (χ2n) is 4.07. The summed E-state index contributed by atoms with van der Waals surface area (Å²) in [6, 6.07) is 0. The van der Waals surface area contributed by atoms with Gasteiger partial charge in [-0.25, -0.2) is 4.79 Å². The van der Waals surface area contributed by atoms with E-state index < -0.39 is 29.7 Å². The van der Waals surface area contributed by atoms with Gasteiger partial charge in [0.25, 0.3) is 5.56 Å². The van der Waals surface area contributed by atoms with Gasteiger partial charge in [0.2, 0.25) is 5.75 Å². The van der Waals surface area contributed by atoms with Crippen molar-refractivity contribution in [2.45, 2.75) is 24.9 Å². The van der Waals surface area contributed by atoms with Gasteiger partial charge in [-0.1, -0.05) is 0 Å². The molecular weight excluding hydrogens is 371 g/mol. The second-order valence-corrected chi connectivity index (χ2v) is 5.09. The van der Waals surface area contributed by atoms with Crippen LogP contribution in [0.15, 0.2) is 9.59 Å². The molecule has 0 amide bonds. The van der Waals surface area contributed by atoms with Crippen molar-refractivity contribution in [3.05, 3.63) is 24.5 Å². The van der Waals surface area contributed by atoms with Gasteiger partial charge in [-0.15, -0.1) is 0 Å². The Kier molecular flexibility index (Phi) is 4.28. The zero-order chi connectivity index (χ0) is 14.2. The van der Waals surface area contributed by atoms with E-state index in [1.165, 1.54) is 11.7 Å². The Morgan fingerprint density at radius 1 is 1.58 bits per heavy atom. The van der Waals surface area contributed by atoms with Crippen LogP contribution in [0.25, 0.3) is 0 Å². The third-order valence-corrected chi connectivity index (χ3v) is 3.93. The molecule has 1 saturated heterocycles. The molecule has 0 radical (unpaired) electrons. The molecule has 1 aliphatic rings. The molecule has 0 aromatic carbocycles. The standard InChI is InChI=1S/C10H13IN2O6/c1-18-7-8(11)13(10(17)12-9(7)16)6-2-4(15)5(3-14)19-6/h4-6,14-15H,2-3H2,1H3,(H,12,16,17)/t4-,5+,6+/m0/s1. The van der Waals surface area contributed by atoms with E-state index in [4.69, 9.17) is 14.6 Å². The third kappa shape index (κ3) is 2.55. The maximum atomic E-state index is 11.8. The first kappa shape index (κ1) is 14.5. The van der Waals surface area contributed by atoms with Crippen molar-refractivity contribution < 1.29 is 19.7 Å². The smallest absolute Gasteiger partial charge is 0.331 e. The van der Waals surface area contributed by atoms with Crippen LogP contribution >= 0.6 is 22.6 Å². The first-order valence-electron chi connectivity index (χ1n) is 5.52. The van der Waals surface area contributed by atoms with Crippen molar-refractivity contribution in [3.63, 3.8) is 0 Å². The summed E-state index contributed by atoms with van der Waals surface area (Å²) in [5, 5.41) is 18.7. The maximum absolute atomic E-state index is 11.8. The minimum Gasteiger partial charge on any atom is -0.489 e. The van der Waals surface area contributed by atoms with Crippen molar-refractivity contribution in [2.24, 2.45) is 0 Å². The lowest BCUT2D eigenvalue weighted by atomic mass is 10.2. The fourth-order valence-corrected chi connectivity index (χ4v) is 2.97. The van der Waals surface area contributed by atoms with E-state index >= 15 is 0 Å². The van der Waals surface area contributed by atoms with Crippen LogP contribution in [-0.2, 0) is 4.74 Å². The van der Waals surface area contributed by atoms with Gasteiger partial charge in [0, 0.05) is 6.42 Å². The Bertz CT molecular complexity index is 582. The molecule has 0 spiro atoms. The fraction of sp³-hybridized carbons (Fsp3) is 0.600. The van der Waals surface area contributed by atoms with Gasteiger partial charge in [-0.3, -0.25) is 14.3 Å². The monoisotopic (exact) mass is 384 g/mol. The summed E-state index contributed by atoms with van der Waals surface area (Å²) in [4.78, 5) is 25.5. The summed E-state index contributed by atoms with van der Waals surface area (Å²) in [5.74, 6) is 0.00531. The normalized spacial score (nSPS) is 26.6. The van der Waals surface area contributed by atoms with Gasteiger partial charge < -0.3 is 19.7 Å². The lowest BCUT2D eigenvalue weighted by molar-refractivity contribution is -0.0470. The quantitative estimate of drug-likeness (QED) is 0.445. The molecule has 19 heavy (non-hydrogen) atoms. The second kappa shape index (κ2) is 5.61. The van der Waals surface area contributed by atoms with E-state index in [1.807, 2.05) is 0 Å². The number of ether oxygens (including phenoxy) is 2. The van der Waals surface area contributed by atoms with Gasteiger partial charge in [-0.05, 0) is 22.6 Å². The van der Waals surface area contributed by atoms with E-state index in [2.05, 4.69) is 4.98 Å². The lowest BCUT2D eigenvalue weighted by Crippen LogP contribution is -2.35. The van der Waals surface area contributed by atoms with Gasteiger partial charge in [0.05, 0.1) is 19.8 Å². The number of aliphatic hydroxyl groups is 2. The summed E-state index contributed by atoms with van der Waals surface area (Å²) in [5.41, 5.74) is -1.27. The van der Waals surface area contributed by atoms with Crippen LogP contribution in [0, 0.1) is 3.70 Å². The molecule has 1 fully saturated rings. The molecule has 1 aromatic rings. The van der Waals surface area contributed by atoms with Crippen LogP contribution in [0.2, 0.25) is 0 Å². The number of hydrogen-bond acceptors (Lipinski definition) is 6. The molecule has 1 aliphatic heterocycles. The summed E-state index contributed by atoms with van der Waals surface area (Å²) in [7, 11) is 1.32. The van der Waals surface area contributed by atoms with Crippen molar-refractivity contribution in [2.75, 3.05) is 13.7 Å². The molecule has 0 bridgehead atoms. The van der Waals surface area contributed by atoms with Gasteiger partial charge >= 0.3 is 5.69 Å². The molecule has 0 saturated carbocycles. The number of methoxy groups -OCH3 is 1. The summed E-state index contributed by atoms with van der Waals surface area (Å²) in [6.45, 7) is -0.344. The van der Waals surface area contributed by atoms with E-state index in [9.17, 15) is 14.7 Å². The highest BCUT2D eigenvalue weighted by Gasteiger charge is 2.36. The average Bonchev–Trinajstić information content (AvgIpc) is 2.70. The molecule has 3 N–H and O–H groups in total. The summed E-state index contributed by atoms with van der Waals surface area (Å²) in [6.07, 6.45) is -2.21. The predicted molar refractivity (Wildman–Crippen MR) is 72.2 cm³/mol. The number of nitrogens with one attached hydrogen (secondary N) is 1. The Hall–Kier alpha value is -0.910. The number of halogens is 1. The highest BCUT2D eigenvalue weighted by atomic mass is 127. The molecule has 0 aliphatic carbocycles. The van der Waals surface area contributed by atoms with Gasteiger partial charge in [0.1, 0.15) is 16.0 Å². The molecule has 2 heterocycles. The van der Waals surface area contributed by atoms with E-state index in [0.717, 1.165) is 0 Å². The van der Waals surface area contributed by atoms with Crippen LogP contribution in [0.5, 0.6) is 5.75 Å². The molecule has 2 rings (SSSR count). The molecule has 8 nitrogen and oxygen atoms in total. The van der Waals surface area contributed by atoms with E-state index in [-0.39, 0.29) is 22.5 Å². The number of H-pyrrole nitrogens is 1. The van der Waals surface area contributed by atoms with Gasteiger partial charge in [-0.2, -0.15) is 0 Å². The molecule has 3 atom stereocenters. The van der Waals surface area contributed by atoms with Crippen LogP contribution in [0.4, 0.5) is 0 Å². The van der Waals surface area contributed by atoms with Crippen molar-refractivity contribution in [1.82, 2.24) is 9.55 Å². The molecule has 0 unspecified atom stereocenters. The van der Waals surface area contributed by atoms with Crippen molar-refractivity contribution in [3.8, 4) is 5.75 Å². The zero-order valence-corrected chi connectivity index (χ0v) is 12.2. The van der Waals surface area contributed by atoms with Crippen molar-refractivity contribution in [1.29, 1.82) is 0 Å². The minimum absolute atomic E-state index is 0.00531.